The summed E-state index contributed by atoms with van der Waals surface area (Å²) >= 11 is 0. The average molecular weight is 180 g/mol. The van der Waals surface area contributed by atoms with Gasteiger partial charge in [-0.3, -0.25) is 9.59 Å². The van der Waals surface area contributed by atoms with Gasteiger partial charge >= 0.3 is 0 Å². The summed E-state index contributed by atoms with van der Waals surface area (Å²) in [6.45, 7) is 0. The lowest BCUT2D eigenvalue weighted by molar-refractivity contribution is -0.238. The molecule has 0 radical (unpaired) electrons. The van der Waals surface area contributed by atoms with E-state index < -0.39 is 5.54 Å². The van der Waals surface area contributed by atoms with Crippen LogP contribution in [0.1, 0.15) is 6.42 Å². The molecule has 5 heteroatoms. The molecule has 68 valence electrons. The van der Waals surface area contributed by atoms with E-state index in [-0.39, 0.29) is 11.7 Å². The van der Waals surface area contributed by atoms with E-state index in [0.29, 0.717) is 6.42 Å². The maximum absolute atomic E-state index is 11.0. The van der Waals surface area contributed by atoms with Gasteiger partial charge in [0.25, 0.3) is 5.91 Å². The molecule has 1 spiro atoms. The molecule has 1 aliphatic carbocycles. The van der Waals surface area contributed by atoms with Gasteiger partial charge in [-0.25, -0.2) is 0 Å². The number of hydrogen-bond donors (Lipinski definition) is 1. The molecule has 0 bridgehead atoms. The number of allylic oxidation sites excluding steroid dienone is 2. The van der Waals surface area contributed by atoms with Crippen molar-refractivity contribution in [3.63, 3.8) is 0 Å². The lowest BCUT2D eigenvalue weighted by Crippen LogP contribution is -2.62. The molecule has 5 nitrogen and oxygen atoms in total. The zero-order valence-electron chi connectivity index (χ0n) is 6.77. The molecule has 1 saturated heterocycles. The standard InChI is InChI=1S/C8H8N2O3/c9-13-10-7(12)5-8(10)3-1-6(11)2-4-8/h1-4H,5,9H2. The van der Waals surface area contributed by atoms with Gasteiger partial charge in [0.05, 0.1) is 6.42 Å². The third-order valence-corrected chi connectivity index (χ3v) is 2.22. The average Bonchev–Trinajstić information content (AvgIpc) is 2.09. The first kappa shape index (κ1) is 8.15. The first-order chi connectivity index (χ1) is 6.18. The molecule has 1 aliphatic heterocycles. The van der Waals surface area contributed by atoms with Crippen molar-refractivity contribution < 1.29 is 14.5 Å². The van der Waals surface area contributed by atoms with Crippen molar-refractivity contribution in [2.75, 3.05) is 0 Å². The van der Waals surface area contributed by atoms with Crippen LogP contribution in [0.15, 0.2) is 24.3 Å². The van der Waals surface area contributed by atoms with Crippen molar-refractivity contribution >= 4 is 11.7 Å². The minimum atomic E-state index is -0.625. The van der Waals surface area contributed by atoms with E-state index in [0.717, 1.165) is 5.06 Å². The largest absolute Gasteiger partial charge is 0.290 e. The van der Waals surface area contributed by atoms with Crippen molar-refractivity contribution in [1.29, 1.82) is 0 Å². The third-order valence-electron chi connectivity index (χ3n) is 2.22. The van der Waals surface area contributed by atoms with Crippen LogP contribution in [0.2, 0.25) is 0 Å². The van der Waals surface area contributed by atoms with Crippen molar-refractivity contribution in [2.45, 2.75) is 12.0 Å². The van der Waals surface area contributed by atoms with Gasteiger partial charge in [0.15, 0.2) is 5.78 Å². The lowest BCUT2D eigenvalue weighted by atomic mass is 9.83. The first-order valence-electron chi connectivity index (χ1n) is 3.80. The summed E-state index contributed by atoms with van der Waals surface area (Å²) in [5, 5.41) is 1.05. The molecule has 2 rings (SSSR count). The zero-order valence-corrected chi connectivity index (χ0v) is 6.77. The topological polar surface area (TPSA) is 72.6 Å². The van der Waals surface area contributed by atoms with Crippen molar-refractivity contribution in [2.24, 2.45) is 5.90 Å². The van der Waals surface area contributed by atoms with Crippen LogP contribution in [0, 0.1) is 0 Å². The van der Waals surface area contributed by atoms with Gasteiger partial charge in [-0.2, -0.15) is 15.9 Å². The predicted octanol–water partition coefficient (Wildman–Crippen LogP) is -0.542. The fourth-order valence-corrected chi connectivity index (χ4v) is 1.50. The number of nitrogens with two attached hydrogens (primary N) is 1. The number of β-lactam (4-membered cyclic amide) rings is 1. The number of ketones is 1. The second kappa shape index (κ2) is 2.51. The highest BCUT2D eigenvalue weighted by atomic mass is 16.8. The molecule has 0 saturated carbocycles. The van der Waals surface area contributed by atoms with Gasteiger partial charge in [-0.05, 0) is 24.3 Å². The molecule has 1 heterocycles. The molecule has 0 aromatic rings. The SMILES string of the molecule is NON1C(=O)CC12C=CC(=O)C=C2. The van der Waals surface area contributed by atoms with E-state index in [1.165, 1.54) is 12.2 Å². The summed E-state index contributed by atoms with van der Waals surface area (Å²) in [6, 6.07) is 0. The fraction of sp³-hybridized carbons (Fsp3) is 0.250. The number of amides is 1. The summed E-state index contributed by atoms with van der Waals surface area (Å²) in [5.74, 6) is 4.63. The summed E-state index contributed by atoms with van der Waals surface area (Å²) in [7, 11) is 0. The highest BCUT2D eigenvalue weighted by Gasteiger charge is 2.50. The van der Waals surface area contributed by atoms with Gasteiger partial charge in [0, 0.05) is 0 Å². The van der Waals surface area contributed by atoms with Gasteiger partial charge in [-0.1, -0.05) is 0 Å². The van der Waals surface area contributed by atoms with Crippen LogP contribution in [0.25, 0.3) is 0 Å². The van der Waals surface area contributed by atoms with Crippen LogP contribution in [0.3, 0.4) is 0 Å². The number of rotatable bonds is 1. The van der Waals surface area contributed by atoms with Crippen LogP contribution in [0.5, 0.6) is 0 Å². The molecule has 0 aromatic heterocycles. The summed E-state index contributed by atoms with van der Waals surface area (Å²) in [6.07, 6.45) is 6.33. The maximum atomic E-state index is 11.0. The maximum Gasteiger partial charge on any atom is 0.251 e. The Hall–Kier alpha value is -1.46. The molecule has 13 heavy (non-hydrogen) atoms. The van der Waals surface area contributed by atoms with E-state index in [1.54, 1.807) is 12.2 Å². The minimum absolute atomic E-state index is 0.0954. The summed E-state index contributed by atoms with van der Waals surface area (Å²) < 4.78 is 0. The predicted molar refractivity (Wildman–Crippen MR) is 42.8 cm³/mol. The molecule has 2 N–H and O–H groups in total. The molecule has 2 aliphatic rings. The summed E-state index contributed by atoms with van der Waals surface area (Å²) in [4.78, 5) is 26.2. The highest BCUT2D eigenvalue weighted by molar-refractivity contribution is 6.02. The number of hydroxylamine groups is 2. The Balaban J connectivity index is 2.25. The van der Waals surface area contributed by atoms with E-state index in [9.17, 15) is 9.59 Å². The van der Waals surface area contributed by atoms with Crippen LogP contribution in [0.4, 0.5) is 0 Å². The Morgan fingerprint density at radius 1 is 1.38 bits per heavy atom. The van der Waals surface area contributed by atoms with Crippen molar-refractivity contribution in [1.82, 2.24) is 5.06 Å². The van der Waals surface area contributed by atoms with E-state index >= 15 is 0 Å². The van der Waals surface area contributed by atoms with E-state index in [4.69, 9.17) is 5.90 Å². The number of carbonyl (C=O) groups excluding carboxylic acids is 2. The second-order valence-electron chi connectivity index (χ2n) is 3.03. The Labute approximate surface area is 74.3 Å². The molecule has 1 amide bonds. The Morgan fingerprint density at radius 3 is 2.46 bits per heavy atom. The Bertz CT molecular complexity index is 316. The van der Waals surface area contributed by atoms with E-state index in [1.807, 2.05) is 0 Å². The fourth-order valence-electron chi connectivity index (χ4n) is 1.50. The van der Waals surface area contributed by atoms with Crippen LogP contribution < -0.4 is 5.90 Å². The summed E-state index contributed by atoms with van der Waals surface area (Å²) in [5.41, 5.74) is -0.625. The van der Waals surface area contributed by atoms with Crippen molar-refractivity contribution in [3.05, 3.63) is 24.3 Å². The molecular weight excluding hydrogens is 172 g/mol. The zero-order chi connectivity index (χ0) is 9.47. The van der Waals surface area contributed by atoms with Gasteiger partial charge in [0.2, 0.25) is 0 Å². The number of nitrogens with zero attached hydrogens (tertiary/aromatic N) is 1. The Kier molecular flexibility index (Phi) is 1.58. The number of carbonyl (C=O) groups is 2. The Morgan fingerprint density at radius 2 is 2.00 bits per heavy atom. The molecule has 0 unspecified atom stereocenters. The third kappa shape index (κ3) is 1.01. The van der Waals surface area contributed by atoms with Gasteiger partial charge in [0.1, 0.15) is 5.54 Å². The van der Waals surface area contributed by atoms with E-state index in [2.05, 4.69) is 4.94 Å². The lowest BCUT2D eigenvalue weighted by Gasteiger charge is -2.45. The molecule has 1 fully saturated rings. The molecule has 0 aromatic carbocycles. The second-order valence-corrected chi connectivity index (χ2v) is 3.03. The highest BCUT2D eigenvalue weighted by Crippen LogP contribution is 2.35. The van der Waals surface area contributed by atoms with Crippen molar-refractivity contribution in [3.8, 4) is 0 Å². The normalized spacial score (nSPS) is 23.9. The monoisotopic (exact) mass is 180 g/mol. The van der Waals surface area contributed by atoms with Gasteiger partial charge < -0.3 is 0 Å². The molecule has 0 atom stereocenters. The smallest absolute Gasteiger partial charge is 0.251 e. The first-order valence-corrected chi connectivity index (χ1v) is 3.80. The quantitative estimate of drug-likeness (QED) is 0.434. The van der Waals surface area contributed by atoms with Crippen LogP contribution in [-0.4, -0.2) is 22.3 Å². The van der Waals surface area contributed by atoms with Gasteiger partial charge in [-0.15, -0.1) is 0 Å². The minimum Gasteiger partial charge on any atom is -0.290 e. The number of hydrogen-bond acceptors (Lipinski definition) is 4. The van der Waals surface area contributed by atoms with Crippen LogP contribution >= 0.6 is 0 Å². The molecular formula is C8H8N2O3. The van der Waals surface area contributed by atoms with Crippen LogP contribution in [-0.2, 0) is 14.5 Å².